The van der Waals surface area contributed by atoms with Gasteiger partial charge in [-0.15, -0.1) is 0 Å². The van der Waals surface area contributed by atoms with Gasteiger partial charge in [0.2, 0.25) is 17.6 Å². The third kappa shape index (κ3) is 4.68. The van der Waals surface area contributed by atoms with Gasteiger partial charge in [-0.25, -0.2) is 0 Å². The molecule has 0 radical (unpaired) electrons. The first-order chi connectivity index (χ1) is 12.9. The van der Waals surface area contributed by atoms with E-state index in [9.17, 15) is 14.9 Å². The second-order valence-corrected chi connectivity index (χ2v) is 6.26. The van der Waals surface area contributed by atoms with Gasteiger partial charge in [0.1, 0.15) is 0 Å². The van der Waals surface area contributed by atoms with Crippen molar-refractivity contribution in [3.05, 3.63) is 69.1 Å². The average molecular weight is 387 g/mol. The Morgan fingerprint density at radius 3 is 2.70 bits per heavy atom. The van der Waals surface area contributed by atoms with Crippen LogP contribution in [0.3, 0.4) is 0 Å². The predicted octanol–water partition coefficient (Wildman–Crippen LogP) is 4.18. The van der Waals surface area contributed by atoms with Crippen LogP contribution in [0, 0.1) is 17.0 Å². The molecule has 0 atom stereocenters. The number of anilines is 1. The van der Waals surface area contributed by atoms with Gasteiger partial charge in [0.15, 0.2) is 0 Å². The van der Waals surface area contributed by atoms with Gasteiger partial charge in [-0.3, -0.25) is 14.9 Å². The number of hydrogen-bond acceptors (Lipinski definition) is 6. The molecule has 0 saturated heterocycles. The summed E-state index contributed by atoms with van der Waals surface area (Å²) in [6.45, 7) is 1.64. The molecule has 0 fully saturated rings. The quantitative estimate of drug-likeness (QED) is 0.502. The number of nitrogens with zero attached hydrogens (tertiary/aromatic N) is 3. The van der Waals surface area contributed by atoms with Gasteiger partial charge in [0, 0.05) is 40.7 Å². The number of hydrogen-bond donors (Lipinski definition) is 1. The first kappa shape index (κ1) is 18.5. The molecule has 27 heavy (non-hydrogen) atoms. The molecule has 0 unspecified atom stereocenters. The summed E-state index contributed by atoms with van der Waals surface area (Å²) in [5.41, 5.74) is 1.60. The fourth-order valence-corrected chi connectivity index (χ4v) is 2.53. The van der Waals surface area contributed by atoms with Gasteiger partial charge in [-0.1, -0.05) is 22.8 Å². The lowest BCUT2D eigenvalue weighted by Crippen LogP contribution is -2.12. The number of rotatable bonds is 6. The van der Waals surface area contributed by atoms with Crippen LogP contribution in [-0.2, 0) is 11.2 Å². The molecular formula is C18H15ClN4O4. The van der Waals surface area contributed by atoms with E-state index in [-0.39, 0.29) is 24.4 Å². The first-order valence-electron chi connectivity index (χ1n) is 8.06. The van der Waals surface area contributed by atoms with Gasteiger partial charge in [-0.2, -0.15) is 4.98 Å². The summed E-state index contributed by atoms with van der Waals surface area (Å²) in [4.78, 5) is 26.8. The summed E-state index contributed by atoms with van der Waals surface area (Å²) in [6.07, 6.45) is 0.351. The Hall–Kier alpha value is -3.26. The van der Waals surface area contributed by atoms with Crippen LogP contribution in [0.25, 0.3) is 11.4 Å². The number of aryl methyl sites for hydroxylation is 2. The molecule has 0 bridgehead atoms. The molecule has 1 heterocycles. The summed E-state index contributed by atoms with van der Waals surface area (Å²) >= 11 is 5.85. The van der Waals surface area contributed by atoms with Crippen LogP contribution < -0.4 is 5.32 Å². The van der Waals surface area contributed by atoms with Gasteiger partial charge < -0.3 is 9.84 Å². The van der Waals surface area contributed by atoms with Crippen molar-refractivity contribution in [2.75, 3.05) is 5.32 Å². The molecule has 9 heteroatoms. The third-order valence-corrected chi connectivity index (χ3v) is 4.08. The Morgan fingerprint density at radius 1 is 1.26 bits per heavy atom. The molecule has 0 aliphatic heterocycles. The Labute approximate surface area is 159 Å². The monoisotopic (exact) mass is 386 g/mol. The van der Waals surface area contributed by atoms with Gasteiger partial charge in [-0.05, 0) is 37.3 Å². The summed E-state index contributed by atoms with van der Waals surface area (Å²) in [6, 6.07) is 11.5. The number of benzene rings is 2. The summed E-state index contributed by atoms with van der Waals surface area (Å²) in [5, 5.41) is 18.1. The maximum Gasteiger partial charge on any atom is 0.274 e. The zero-order valence-electron chi connectivity index (χ0n) is 14.3. The molecule has 1 N–H and O–H groups in total. The number of amides is 1. The van der Waals surface area contributed by atoms with Gasteiger partial charge >= 0.3 is 0 Å². The lowest BCUT2D eigenvalue weighted by molar-refractivity contribution is -0.385. The highest BCUT2D eigenvalue weighted by Gasteiger charge is 2.14. The molecular weight excluding hydrogens is 372 g/mol. The summed E-state index contributed by atoms with van der Waals surface area (Å²) in [7, 11) is 0. The van der Waals surface area contributed by atoms with Crippen molar-refractivity contribution in [2.45, 2.75) is 19.8 Å². The number of carbonyl (C=O) groups is 1. The van der Waals surface area contributed by atoms with Crippen molar-refractivity contribution >= 4 is 28.9 Å². The fourth-order valence-electron chi connectivity index (χ4n) is 2.40. The molecule has 3 rings (SSSR count). The third-order valence-electron chi connectivity index (χ3n) is 3.83. The zero-order chi connectivity index (χ0) is 19.4. The van der Waals surface area contributed by atoms with E-state index in [1.54, 1.807) is 43.3 Å². The molecule has 1 amide bonds. The van der Waals surface area contributed by atoms with E-state index in [4.69, 9.17) is 16.1 Å². The molecule has 3 aromatic rings. The number of aromatic nitrogens is 2. The lowest BCUT2D eigenvalue weighted by Gasteiger charge is -2.05. The first-order valence-corrected chi connectivity index (χ1v) is 8.43. The van der Waals surface area contributed by atoms with Crippen LogP contribution in [-0.4, -0.2) is 21.0 Å². The van der Waals surface area contributed by atoms with E-state index in [1.807, 2.05) is 0 Å². The van der Waals surface area contributed by atoms with Crippen molar-refractivity contribution in [1.82, 2.24) is 10.1 Å². The molecule has 2 aromatic carbocycles. The molecule has 1 aromatic heterocycles. The highest BCUT2D eigenvalue weighted by atomic mass is 35.5. The van der Waals surface area contributed by atoms with E-state index in [1.165, 1.54) is 6.07 Å². The van der Waals surface area contributed by atoms with Crippen LogP contribution >= 0.6 is 11.6 Å². The van der Waals surface area contributed by atoms with Crippen LogP contribution in [0.15, 0.2) is 47.0 Å². The van der Waals surface area contributed by atoms with Crippen LogP contribution in [0.4, 0.5) is 11.4 Å². The number of nitro benzene ring substituents is 1. The number of nitro groups is 1. The van der Waals surface area contributed by atoms with Crippen LogP contribution in [0.5, 0.6) is 0 Å². The SMILES string of the molecule is Cc1ccc(NC(=O)CCc2nc(-c3ccc(Cl)cc3)no2)cc1[N+](=O)[O-]. The maximum atomic E-state index is 12.1. The highest BCUT2D eigenvalue weighted by Crippen LogP contribution is 2.23. The van der Waals surface area contributed by atoms with Crippen molar-refractivity contribution in [3.63, 3.8) is 0 Å². The van der Waals surface area contributed by atoms with Crippen LogP contribution in [0.1, 0.15) is 17.9 Å². The smallest absolute Gasteiger partial charge is 0.274 e. The minimum Gasteiger partial charge on any atom is -0.339 e. The Balaban J connectivity index is 1.59. The van der Waals surface area contributed by atoms with Crippen LogP contribution in [0.2, 0.25) is 5.02 Å². The van der Waals surface area contributed by atoms with E-state index in [2.05, 4.69) is 15.5 Å². The van der Waals surface area contributed by atoms with Crippen molar-refractivity contribution in [1.29, 1.82) is 0 Å². The standard InChI is InChI=1S/C18H15ClN4O4/c1-11-2-7-14(10-15(11)23(25)26)20-16(24)8-9-17-21-18(22-27-17)12-3-5-13(19)6-4-12/h2-7,10H,8-9H2,1H3,(H,20,24). The van der Waals surface area contributed by atoms with E-state index in [0.717, 1.165) is 5.56 Å². The molecule has 0 aliphatic rings. The predicted molar refractivity (Wildman–Crippen MR) is 99.5 cm³/mol. The van der Waals surface area contributed by atoms with E-state index >= 15 is 0 Å². The summed E-state index contributed by atoms with van der Waals surface area (Å²) in [5.74, 6) is 0.431. The highest BCUT2D eigenvalue weighted by molar-refractivity contribution is 6.30. The summed E-state index contributed by atoms with van der Waals surface area (Å²) < 4.78 is 5.15. The number of nitrogens with one attached hydrogen (secondary N) is 1. The molecule has 0 aliphatic carbocycles. The van der Waals surface area contributed by atoms with Gasteiger partial charge in [0.05, 0.1) is 4.92 Å². The van der Waals surface area contributed by atoms with Crippen molar-refractivity contribution < 1.29 is 14.2 Å². The maximum absolute atomic E-state index is 12.1. The number of carbonyl (C=O) groups excluding carboxylic acids is 1. The Morgan fingerprint density at radius 2 is 2.00 bits per heavy atom. The molecule has 0 saturated carbocycles. The Kier molecular flexibility index (Phi) is 5.46. The lowest BCUT2D eigenvalue weighted by atomic mass is 10.2. The largest absolute Gasteiger partial charge is 0.339 e. The Bertz CT molecular complexity index is 985. The zero-order valence-corrected chi connectivity index (χ0v) is 15.1. The second-order valence-electron chi connectivity index (χ2n) is 5.83. The second kappa shape index (κ2) is 7.96. The van der Waals surface area contributed by atoms with E-state index in [0.29, 0.717) is 28.0 Å². The van der Waals surface area contributed by atoms with Gasteiger partial charge in [0.25, 0.3) is 5.69 Å². The number of halogens is 1. The molecule has 0 spiro atoms. The van der Waals surface area contributed by atoms with Crippen molar-refractivity contribution in [2.24, 2.45) is 0 Å². The van der Waals surface area contributed by atoms with E-state index < -0.39 is 4.92 Å². The minimum atomic E-state index is -0.484. The normalized spacial score (nSPS) is 10.6. The topological polar surface area (TPSA) is 111 Å². The van der Waals surface area contributed by atoms with Crippen molar-refractivity contribution in [3.8, 4) is 11.4 Å². The fraction of sp³-hybridized carbons (Fsp3) is 0.167. The minimum absolute atomic E-state index is 0.0442. The molecule has 138 valence electrons. The average Bonchev–Trinajstić information content (AvgIpc) is 3.11. The molecule has 8 nitrogen and oxygen atoms in total.